The van der Waals surface area contributed by atoms with E-state index in [2.05, 4.69) is 23.8 Å². The molecule has 0 aromatic carbocycles. The molecule has 116 valence electrons. The van der Waals surface area contributed by atoms with Crippen molar-refractivity contribution in [2.75, 3.05) is 26.8 Å². The molecule has 1 amide bonds. The third kappa shape index (κ3) is 4.00. The van der Waals surface area contributed by atoms with Crippen LogP contribution in [0.4, 0.5) is 0 Å². The average Bonchev–Trinajstić information content (AvgIpc) is 2.76. The van der Waals surface area contributed by atoms with E-state index >= 15 is 0 Å². The van der Waals surface area contributed by atoms with Gasteiger partial charge in [0, 0.05) is 38.5 Å². The second-order valence-corrected chi connectivity index (χ2v) is 6.08. The molecule has 1 saturated heterocycles. The molecule has 0 spiro atoms. The highest BCUT2D eigenvalue weighted by Crippen LogP contribution is 2.25. The highest BCUT2D eigenvalue weighted by molar-refractivity contribution is 5.78. The maximum Gasteiger partial charge on any atom is 0.223 e. The number of hydrogen-bond donors (Lipinski definition) is 0. The minimum atomic E-state index is 0.230. The average molecular weight is 291 g/mol. The molecule has 2 heterocycles. The fourth-order valence-corrected chi connectivity index (χ4v) is 2.85. The van der Waals surface area contributed by atoms with Crippen molar-refractivity contribution in [2.45, 2.75) is 39.5 Å². The second kappa shape index (κ2) is 6.98. The van der Waals surface area contributed by atoms with Gasteiger partial charge in [-0.25, -0.2) is 9.97 Å². The molecule has 0 saturated carbocycles. The number of ether oxygens (including phenoxy) is 1. The molecule has 0 bridgehead atoms. The Morgan fingerprint density at radius 2 is 2.24 bits per heavy atom. The van der Waals surface area contributed by atoms with Gasteiger partial charge in [0.2, 0.25) is 5.91 Å². The summed E-state index contributed by atoms with van der Waals surface area (Å²) in [6, 6.07) is 0. The Hall–Kier alpha value is -1.49. The monoisotopic (exact) mass is 291 g/mol. The summed E-state index contributed by atoms with van der Waals surface area (Å²) in [5, 5.41) is 0. The van der Waals surface area contributed by atoms with E-state index in [9.17, 15) is 4.79 Å². The van der Waals surface area contributed by atoms with Crippen molar-refractivity contribution in [3.05, 3.63) is 23.3 Å². The Kier molecular flexibility index (Phi) is 5.28. The number of aromatic nitrogens is 2. The lowest BCUT2D eigenvalue weighted by molar-refractivity contribution is -0.128. The van der Waals surface area contributed by atoms with E-state index < -0.39 is 0 Å². The van der Waals surface area contributed by atoms with E-state index in [4.69, 9.17) is 4.74 Å². The molecule has 0 unspecified atom stereocenters. The minimum Gasteiger partial charge on any atom is -0.383 e. The van der Waals surface area contributed by atoms with Crippen LogP contribution in [-0.2, 0) is 16.0 Å². The summed E-state index contributed by atoms with van der Waals surface area (Å²) in [5.41, 5.74) is 2.30. The van der Waals surface area contributed by atoms with Crippen LogP contribution in [0.5, 0.6) is 0 Å². The van der Waals surface area contributed by atoms with Gasteiger partial charge in [0.25, 0.3) is 0 Å². The lowest BCUT2D eigenvalue weighted by atomic mass is 9.95. The molecule has 0 radical (unpaired) electrons. The number of carbonyl (C=O) groups excluding carboxylic acids is 1. The van der Waals surface area contributed by atoms with Crippen molar-refractivity contribution in [2.24, 2.45) is 5.92 Å². The molecule has 1 atom stereocenters. The molecule has 1 aliphatic heterocycles. The molecule has 1 fully saturated rings. The molecule has 0 N–H and O–H groups in total. The largest absolute Gasteiger partial charge is 0.383 e. The maximum atomic E-state index is 12.0. The Morgan fingerprint density at radius 1 is 1.48 bits per heavy atom. The highest BCUT2D eigenvalue weighted by atomic mass is 16.5. The van der Waals surface area contributed by atoms with Crippen LogP contribution in [-0.4, -0.2) is 47.6 Å². The van der Waals surface area contributed by atoms with E-state index in [1.807, 2.05) is 18.0 Å². The van der Waals surface area contributed by atoms with Gasteiger partial charge in [-0.3, -0.25) is 4.79 Å². The number of methoxy groups -OCH3 is 1. The summed E-state index contributed by atoms with van der Waals surface area (Å²) in [5.74, 6) is 1.78. The van der Waals surface area contributed by atoms with E-state index in [1.54, 1.807) is 7.11 Å². The standard InChI is InChI=1S/C16H25N3O2/c1-11(2)14-9-17-12(3)18-15(14)7-13-8-16(20)19(10-13)5-6-21-4/h9,11,13H,5-8,10H2,1-4H3/t13-/m0/s1. The van der Waals surface area contributed by atoms with Gasteiger partial charge in [-0.15, -0.1) is 0 Å². The van der Waals surface area contributed by atoms with Crippen molar-refractivity contribution in [3.8, 4) is 0 Å². The van der Waals surface area contributed by atoms with E-state index in [1.165, 1.54) is 5.56 Å². The van der Waals surface area contributed by atoms with Crippen LogP contribution in [0.3, 0.4) is 0 Å². The Labute approximate surface area is 126 Å². The predicted molar refractivity (Wildman–Crippen MR) is 81.1 cm³/mol. The Bertz CT molecular complexity index is 502. The molecule has 5 nitrogen and oxygen atoms in total. The Morgan fingerprint density at radius 3 is 2.90 bits per heavy atom. The number of rotatable bonds is 6. The lowest BCUT2D eigenvalue weighted by Gasteiger charge is -2.17. The number of amides is 1. The van der Waals surface area contributed by atoms with Crippen molar-refractivity contribution >= 4 is 5.91 Å². The number of hydrogen-bond acceptors (Lipinski definition) is 4. The lowest BCUT2D eigenvalue weighted by Crippen LogP contribution is -2.29. The summed E-state index contributed by atoms with van der Waals surface area (Å²) in [4.78, 5) is 22.8. The van der Waals surface area contributed by atoms with Gasteiger partial charge in [0.1, 0.15) is 5.82 Å². The van der Waals surface area contributed by atoms with Gasteiger partial charge in [0.05, 0.1) is 6.61 Å². The van der Waals surface area contributed by atoms with Crippen LogP contribution in [0.2, 0.25) is 0 Å². The second-order valence-electron chi connectivity index (χ2n) is 6.08. The number of likely N-dealkylation sites (tertiary alicyclic amines) is 1. The van der Waals surface area contributed by atoms with Crippen LogP contribution in [0.25, 0.3) is 0 Å². The van der Waals surface area contributed by atoms with Gasteiger partial charge in [-0.05, 0) is 30.7 Å². The first-order valence-corrected chi connectivity index (χ1v) is 7.60. The van der Waals surface area contributed by atoms with E-state index in [0.29, 0.717) is 31.4 Å². The van der Waals surface area contributed by atoms with E-state index in [0.717, 1.165) is 24.5 Å². The van der Waals surface area contributed by atoms with Gasteiger partial charge in [-0.2, -0.15) is 0 Å². The number of aryl methyl sites for hydroxylation is 1. The van der Waals surface area contributed by atoms with Gasteiger partial charge >= 0.3 is 0 Å². The van der Waals surface area contributed by atoms with Crippen molar-refractivity contribution < 1.29 is 9.53 Å². The smallest absolute Gasteiger partial charge is 0.223 e. The maximum absolute atomic E-state index is 12.0. The topological polar surface area (TPSA) is 55.3 Å². The summed E-state index contributed by atoms with van der Waals surface area (Å²) in [6.07, 6.45) is 3.40. The highest BCUT2D eigenvalue weighted by Gasteiger charge is 2.30. The van der Waals surface area contributed by atoms with Crippen molar-refractivity contribution in [1.82, 2.24) is 14.9 Å². The van der Waals surface area contributed by atoms with Gasteiger partial charge in [-0.1, -0.05) is 13.8 Å². The van der Waals surface area contributed by atoms with Crippen molar-refractivity contribution in [3.63, 3.8) is 0 Å². The summed E-state index contributed by atoms with van der Waals surface area (Å²) in [7, 11) is 1.66. The first-order chi connectivity index (χ1) is 10.0. The molecule has 1 aliphatic rings. The third-order valence-corrected chi connectivity index (χ3v) is 3.98. The predicted octanol–water partition coefficient (Wildman–Crippen LogP) is 1.95. The molecule has 2 rings (SSSR count). The zero-order valence-electron chi connectivity index (χ0n) is 13.4. The minimum absolute atomic E-state index is 0.230. The first-order valence-electron chi connectivity index (χ1n) is 7.60. The third-order valence-electron chi connectivity index (χ3n) is 3.98. The molecule has 21 heavy (non-hydrogen) atoms. The Balaban J connectivity index is 2.06. The molecule has 1 aromatic heterocycles. The molecule has 0 aliphatic carbocycles. The fourth-order valence-electron chi connectivity index (χ4n) is 2.85. The van der Waals surface area contributed by atoms with E-state index in [-0.39, 0.29) is 5.91 Å². The van der Waals surface area contributed by atoms with Crippen LogP contribution in [0.1, 0.15) is 43.3 Å². The van der Waals surface area contributed by atoms with Crippen molar-refractivity contribution in [1.29, 1.82) is 0 Å². The number of carbonyl (C=O) groups is 1. The summed E-state index contributed by atoms with van der Waals surface area (Å²) in [6.45, 7) is 8.32. The molecule has 5 heteroatoms. The summed E-state index contributed by atoms with van der Waals surface area (Å²) < 4.78 is 5.06. The first kappa shape index (κ1) is 15.9. The van der Waals surface area contributed by atoms with Gasteiger partial charge < -0.3 is 9.64 Å². The zero-order valence-corrected chi connectivity index (χ0v) is 13.4. The van der Waals surface area contributed by atoms with Crippen LogP contribution in [0, 0.1) is 12.8 Å². The number of nitrogens with zero attached hydrogens (tertiary/aromatic N) is 3. The van der Waals surface area contributed by atoms with Crippen LogP contribution in [0.15, 0.2) is 6.20 Å². The summed E-state index contributed by atoms with van der Waals surface area (Å²) >= 11 is 0. The fraction of sp³-hybridized carbons (Fsp3) is 0.688. The zero-order chi connectivity index (χ0) is 15.4. The SMILES string of the molecule is COCCN1C[C@@H](Cc2nc(C)ncc2C(C)C)CC1=O. The molecular formula is C16H25N3O2. The quantitative estimate of drug-likeness (QED) is 0.804. The van der Waals surface area contributed by atoms with Gasteiger partial charge in [0.15, 0.2) is 0 Å². The molecular weight excluding hydrogens is 266 g/mol. The normalized spacial score (nSPS) is 18.8. The molecule has 1 aromatic rings. The van der Waals surface area contributed by atoms with Crippen LogP contribution < -0.4 is 0 Å². The van der Waals surface area contributed by atoms with Crippen LogP contribution >= 0.6 is 0 Å².